The molecule has 0 radical (unpaired) electrons. The highest BCUT2D eigenvalue weighted by atomic mass is 19.1. The number of benzene rings is 2. The highest BCUT2D eigenvalue weighted by molar-refractivity contribution is 6.00. The summed E-state index contributed by atoms with van der Waals surface area (Å²) in [5.74, 6) is -0.248. The average Bonchev–Trinajstić information content (AvgIpc) is 2.73. The molecule has 0 spiro atoms. The quantitative estimate of drug-likeness (QED) is 0.941. The highest BCUT2D eigenvalue weighted by Gasteiger charge is 2.24. The number of hydrogen-bond acceptors (Lipinski definition) is 2. The van der Waals surface area contributed by atoms with Crippen molar-refractivity contribution in [3.05, 3.63) is 65.0 Å². The van der Waals surface area contributed by atoms with Crippen LogP contribution in [0.25, 0.3) is 0 Å². The Morgan fingerprint density at radius 3 is 2.86 bits per heavy atom. The molecule has 1 aliphatic heterocycles. The van der Waals surface area contributed by atoms with Gasteiger partial charge in [0.05, 0.1) is 12.5 Å². The van der Waals surface area contributed by atoms with Crippen LogP contribution in [0.2, 0.25) is 0 Å². The molecule has 3 nitrogen and oxygen atoms in total. The van der Waals surface area contributed by atoms with E-state index in [2.05, 4.69) is 0 Å². The summed E-state index contributed by atoms with van der Waals surface area (Å²) in [4.78, 5) is 13.3. The van der Waals surface area contributed by atoms with Crippen molar-refractivity contribution in [1.82, 2.24) is 0 Å². The number of hydrogen-bond donors (Lipinski definition) is 1. The first-order valence-corrected chi connectivity index (χ1v) is 6.86. The largest absolute Gasteiger partial charge is 0.388 e. The fraction of sp³-hybridized carbons (Fsp3) is 0.235. The van der Waals surface area contributed by atoms with E-state index >= 15 is 0 Å². The summed E-state index contributed by atoms with van der Waals surface area (Å²) in [5, 5.41) is 10.3. The predicted molar refractivity (Wildman–Crippen MR) is 78.6 cm³/mol. The number of halogens is 1. The molecule has 1 amide bonds. The number of anilines is 1. The molecule has 0 bridgehead atoms. The van der Waals surface area contributed by atoms with Crippen LogP contribution in [-0.2, 0) is 17.6 Å². The molecule has 4 heteroatoms. The number of aliphatic hydroxyl groups excluding tert-OH is 1. The summed E-state index contributed by atoms with van der Waals surface area (Å²) in [6.07, 6.45) is 0.00489. The van der Waals surface area contributed by atoms with Gasteiger partial charge in [-0.25, -0.2) is 4.39 Å². The van der Waals surface area contributed by atoms with E-state index in [-0.39, 0.29) is 11.7 Å². The Hall–Kier alpha value is -2.20. The predicted octanol–water partition coefficient (Wildman–Crippen LogP) is 2.62. The Labute approximate surface area is 122 Å². The maximum atomic E-state index is 13.2. The van der Waals surface area contributed by atoms with Gasteiger partial charge in [-0.15, -0.1) is 0 Å². The topological polar surface area (TPSA) is 40.5 Å². The summed E-state index contributed by atoms with van der Waals surface area (Å²) in [5.41, 5.74) is 3.32. The lowest BCUT2D eigenvalue weighted by atomic mass is 9.99. The summed E-state index contributed by atoms with van der Waals surface area (Å²) in [6.45, 7) is 0. The van der Waals surface area contributed by atoms with Crippen molar-refractivity contribution in [2.45, 2.75) is 18.9 Å². The van der Waals surface area contributed by atoms with Gasteiger partial charge in [-0.2, -0.15) is 0 Å². The van der Waals surface area contributed by atoms with E-state index in [0.29, 0.717) is 12.8 Å². The van der Waals surface area contributed by atoms with Crippen LogP contribution in [0.1, 0.15) is 22.8 Å². The standard InChI is InChI=1S/C17H16FNO2/c1-19-15-6-5-12(9-13(15)10-17(19)21)16(20)8-11-3-2-4-14(18)7-11/h2-7,9,16,20H,8,10H2,1H3. The van der Waals surface area contributed by atoms with Crippen molar-refractivity contribution in [1.29, 1.82) is 0 Å². The number of carbonyl (C=O) groups excluding carboxylic acids is 1. The van der Waals surface area contributed by atoms with Gasteiger partial charge in [0.1, 0.15) is 5.82 Å². The fourth-order valence-corrected chi connectivity index (χ4v) is 2.70. The SMILES string of the molecule is CN1C(=O)Cc2cc(C(O)Cc3cccc(F)c3)ccc21. The second-order valence-corrected chi connectivity index (χ2v) is 5.37. The Morgan fingerprint density at radius 1 is 1.29 bits per heavy atom. The lowest BCUT2D eigenvalue weighted by Crippen LogP contribution is -2.20. The summed E-state index contributed by atoms with van der Waals surface area (Å²) < 4.78 is 13.2. The molecular weight excluding hydrogens is 269 g/mol. The van der Waals surface area contributed by atoms with Crippen molar-refractivity contribution < 1.29 is 14.3 Å². The zero-order valence-corrected chi connectivity index (χ0v) is 11.7. The van der Waals surface area contributed by atoms with Gasteiger partial charge in [-0.1, -0.05) is 24.3 Å². The van der Waals surface area contributed by atoms with E-state index in [1.165, 1.54) is 12.1 Å². The van der Waals surface area contributed by atoms with Crippen LogP contribution < -0.4 is 4.90 Å². The second-order valence-electron chi connectivity index (χ2n) is 5.37. The van der Waals surface area contributed by atoms with Crippen molar-refractivity contribution in [2.75, 3.05) is 11.9 Å². The van der Waals surface area contributed by atoms with Gasteiger partial charge in [-0.05, 0) is 34.9 Å². The van der Waals surface area contributed by atoms with E-state index in [4.69, 9.17) is 0 Å². The Balaban J connectivity index is 1.81. The summed E-state index contributed by atoms with van der Waals surface area (Å²) in [6, 6.07) is 11.8. The number of aliphatic hydroxyl groups is 1. The molecule has 1 aliphatic rings. The van der Waals surface area contributed by atoms with Crippen molar-refractivity contribution in [2.24, 2.45) is 0 Å². The third kappa shape index (κ3) is 2.67. The van der Waals surface area contributed by atoms with Gasteiger partial charge < -0.3 is 10.0 Å². The minimum atomic E-state index is -0.710. The molecule has 0 saturated heterocycles. The van der Waals surface area contributed by atoms with Crippen LogP contribution in [-0.4, -0.2) is 18.1 Å². The van der Waals surface area contributed by atoms with Crippen molar-refractivity contribution >= 4 is 11.6 Å². The third-order valence-electron chi connectivity index (χ3n) is 3.88. The molecule has 0 fully saturated rings. The highest BCUT2D eigenvalue weighted by Crippen LogP contribution is 2.31. The van der Waals surface area contributed by atoms with Gasteiger partial charge in [0.2, 0.25) is 5.91 Å². The first-order chi connectivity index (χ1) is 10.0. The van der Waals surface area contributed by atoms with E-state index in [1.807, 2.05) is 18.2 Å². The number of carbonyl (C=O) groups is 1. The molecule has 2 aromatic rings. The van der Waals surface area contributed by atoms with Gasteiger partial charge in [0.25, 0.3) is 0 Å². The molecule has 0 aliphatic carbocycles. The molecule has 2 aromatic carbocycles. The first-order valence-electron chi connectivity index (χ1n) is 6.86. The molecule has 108 valence electrons. The van der Waals surface area contributed by atoms with Crippen LogP contribution in [0.5, 0.6) is 0 Å². The molecular formula is C17H16FNO2. The zero-order valence-electron chi connectivity index (χ0n) is 11.7. The van der Waals surface area contributed by atoms with Crippen LogP contribution in [0.15, 0.2) is 42.5 Å². The summed E-state index contributed by atoms with van der Waals surface area (Å²) in [7, 11) is 1.75. The number of nitrogens with zero attached hydrogens (tertiary/aromatic N) is 1. The van der Waals surface area contributed by atoms with Crippen LogP contribution >= 0.6 is 0 Å². The van der Waals surface area contributed by atoms with Gasteiger partial charge in [0.15, 0.2) is 0 Å². The fourth-order valence-electron chi connectivity index (χ4n) is 2.70. The van der Waals surface area contributed by atoms with E-state index in [9.17, 15) is 14.3 Å². The third-order valence-corrected chi connectivity index (χ3v) is 3.88. The molecule has 1 heterocycles. The number of rotatable bonds is 3. The second kappa shape index (κ2) is 5.30. The Kier molecular flexibility index (Phi) is 3.47. The molecule has 1 atom stereocenters. The smallest absolute Gasteiger partial charge is 0.231 e. The van der Waals surface area contributed by atoms with Gasteiger partial charge >= 0.3 is 0 Å². The molecule has 3 rings (SSSR count). The monoisotopic (exact) mass is 285 g/mol. The Morgan fingerprint density at radius 2 is 2.10 bits per heavy atom. The van der Waals surface area contributed by atoms with E-state index in [0.717, 1.165) is 22.4 Å². The van der Waals surface area contributed by atoms with Crippen molar-refractivity contribution in [3.8, 4) is 0 Å². The number of likely N-dealkylation sites (N-methyl/N-ethyl adjacent to an activating group) is 1. The Bertz CT molecular complexity index is 699. The lowest BCUT2D eigenvalue weighted by molar-refractivity contribution is -0.117. The van der Waals surface area contributed by atoms with E-state index in [1.54, 1.807) is 24.1 Å². The molecule has 0 saturated carbocycles. The van der Waals surface area contributed by atoms with Crippen LogP contribution in [0, 0.1) is 5.82 Å². The maximum Gasteiger partial charge on any atom is 0.231 e. The minimum Gasteiger partial charge on any atom is -0.388 e. The number of fused-ring (bicyclic) bond motifs is 1. The van der Waals surface area contributed by atoms with Crippen LogP contribution in [0.4, 0.5) is 10.1 Å². The van der Waals surface area contributed by atoms with Crippen molar-refractivity contribution in [3.63, 3.8) is 0 Å². The summed E-state index contributed by atoms with van der Waals surface area (Å²) >= 11 is 0. The number of amides is 1. The molecule has 0 aromatic heterocycles. The normalized spacial score (nSPS) is 15.2. The molecule has 1 unspecified atom stereocenters. The lowest BCUT2D eigenvalue weighted by Gasteiger charge is -2.14. The molecule has 1 N–H and O–H groups in total. The van der Waals surface area contributed by atoms with Crippen LogP contribution in [0.3, 0.4) is 0 Å². The zero-order chi connectivity index (χ0) is 15.0. The molecule has 21 heavy (non-hydrogen) atoms. The average molecular weight is 285 g/mol. The van der Waals surface area contributed by atoms with E-state index < -0.39 is 6.10 Å². The first kappa shape index (κ1) is 13.8. The minimum absolute atomic E-state index is 0.0572. The maximum absolute atomic E-state index is 13.2. The van der Waals surface area contributed by atoms with Gasteiger partial charge in [0, 0.05) is 19.2 Å². The van der Waals surface area contributed by atoms with Gasteiger partial charge in [-0.3, -0.25) is 4.79 Å².